The molecule has 3 heteroatoms. The van der Waals surface area contributed by atoms with Gasteiger partial charge in [-0.1, -0.05) is 18.2 Å². The number of aryl methyl sites for hydroxylation is 2. The third-order valence-corrected chi connectivity index (χ3v) is 3.36. The molecule has 1 aromatic heterocycles. The molecule has 3 nitrogen and oxygen atoms in total. The summed E-state index contributed by atoms with van der Waals surface area (Å²) in [4.78, 5) is 0. The van der Waals surface area contributed by atoms with Gasteiger partial charge in [0.2, 0.25) is 0 Å². The van der Waals surface area contributed by atoms with Gasteiger partial charge < -0.3 is 5.32 Å². The van der Waals surface area contributed by atoms with Crippen molar-refractivity contribution in [2.75, 3.05) is 7.05 Å². The topological polar surface area (TPSA) is 29.9 Å². The van der Waals surface area contributed by atoms with Crippen molar-refractivity contribution < 1.29 is 0 Å². The van der Waals surface area contributed by atoms with Gasteiger partial charge in [0.05, 0.1) is 5.69 Å². The van der Waals surface area contributed by atoms with E-state index in [9.17, 15) is 0 Å². The number of nitrogens with zero attached hydrogens (tertiary/aromatic N) is 2. The third kappa shape index (κ3) is 1.87. The fourth-order valence-corrected chi connectivity index (χ4v) is 2.58. The van der Waals surface area contributed by atoms with E-state index in [0.717, 1.165) is 19.5 Å². The van der Waals surface area contributed by atoms with Gasteiger partial charge in [-0.3, -0.25) is 4.68 Å². The highest BCUT2D eigenvalue weighted by molar-refractivity contribution is 5.65. The van der Waals surface area contributed by atoms with Crippen LogP contribution in [0.25, 0.3) is 11.3 Å². The van der Waals surface area contributed by atoms with Crippen LogP contribution in [0.15, 0.2) is 30.5 Å². The maximum atomic E-state index is 4.38. The van der Waals surface area contributed by atoms with E-state index in [4.69, 9.17) is 0 Å². The summed E-state index contributed by atoms with van der Waals surface area (Å²) < 4.78 is 2.11. The van der Waals surface area contributed by atoms with Crippen LogP contribution >= 0.6 is 0 Å². The number of nitrogens with one attached hydrogen (secondary N) is 1. The molecule has 0 saturated carbocycles. The molecule has 1 aromatic carbocycles. The molecule has 0 unspecified atom stereocenters. The Bertz CT molecular complexity index is 528. The molecule has 1 aliphatic rings. The Labute approximate surface area is 101 Å². The molecule has 0 saturated heterocycles. The van der Waals surface area contributed by atoms with Gasteiger partial charge in [0.25, 0.3) is 0 Å². The number of benzene rings is 1. The molecule has 0 atom stereocenters. The molecule has 3 rings (SSSR count). The minimum atomic E-state index is 0.937. The molecule has 0 aliphatic carbocycles. The van der Waals surface area contributed by atoms with Gasteiger partial charge in [-0.25, -0.2) is 0 Å². The van der Waals surface area contributed by atoms with Gasteiger partial charge in [0.1, 0.15) is 0 Å². The minimum absolute atomic E-state index is 0.937. The number of aromatic nitrogens is 2. The summed E-state index contributed by atoms with van der Waals surface area (Å²) >= 11 is 0. The molecule has 0 radical (unpaired) electrons. The Hall–Kier alpha value is -1.61. The Balaban J connectivity index is 2.08. The second-order valence-electron chi connectivity index (χ2n) is 4.56. The van der Waals surface area contributed by atoms with E-state index < -0.39 is 0 Å². The van der Waals surface area contributed by atoms with Crippen LogP contribution in [0.4, 0.5) is 0 Å². The first kappa shape index (κ1) is 10.5. The number of rotatable bonds is 2. The van der Waals surface area contributed by atoms with Crippen molar-refractivity contribution in [2.24, 2.45) is 0 Å². The largest absolute Gasteiger partial charge is 0.316 e. The van der Waals surface area contributed by atoms with Crippen molar-refractivity contribution in [2.45, 2.75) is 25.9 Å². The minimum Gasteiger partial charge on any atom is -0.316 e. The standard InChI is InChI=1S/C14H17N3/c1-15-10-11-4-5-13-12(9-11)3-2-8-17-14(13)6-7-16-17/h4-7,9,15H,2-3,8,10H2,1H3. The van der Waals surface area contributed by atoms with Gasteiger partial charge in [-0.05, 0) is 37.1 Å². The Kier molecular flexibility index (Phi) is 2.69. The molecule has 88 valence electrons. The maximum Gasteiger partial charge on any atom is 0.0684 e. The predicted molar refractivity (Wildman–Crippen MR) is 68.7 cm³/mol. The van der Waals surface area contributed by atoms with Crippen molar-refractivity contribution in [3.05, 3.63) is 41.6 Å². The van der Waals surface area contributed by atoms with Crippen molar-refractivity contribution >= 4 is 0 Å². The Morgan fingerprint density at radius 2 is 2.29 bits per heavy atom. The fourth-order valence-electron chi connectivity index (χ4n) is 2.58. The Morgan fingerprint density at radius 1 is 1.35 bits per heavy atom. The second-order valence-corrected chi connectivity index (χ2v) is 4.56. The highest BCUT2D eigenvalue weighted by Gasteiger charge is 2.14. The van der Waals surface area contributed by atoms with E-state index in [1.54, 1.807) is 0 Å². The second kappa shape index (κ2) is 4.34. The molecule has 0 spiro atoms. The lowest BCUT2D eigenvalue weighted by Crippen LogP contribution is -2.05. The van der Waals surface area contributed by atoms with Crippen molar-refractivity contribution in [1.82, 2.24) is 15.1 Å². The van der Waals surface area contributed by atoms with Crippen LogP contribution in [0, 0.1) is 0 Å². The fraction of sp³-hybridized carbons (Fsp3) is 0.357. The van der Waals surface area contributed by atoms with Crippen LogP contribution in [0.5, 0.6) is 0 Å². The average Bonchev–Trinajstić information content (AvgIpc) is 2.72. The summed E-state index contributed by atoms with van der Waals surface area (Å²) in [6.07, 6.45) is 4.22. The highest BCUT2D eigenvalue weighted by atomic mass is 15.3. The molecule has 2 heterocycles. The molecule has 1 aliphatic heterocycles. The molecular weight excluding hydrogens is 210 g/mol. The van der Waals surface area contributed by atoms with Crippen LogP contribution in [0.1, 0.15) is 17.5 Å². The lowest BCUT2D eigenvalue weighted by atomic mass is 9.99. The Morgan fingerprint density at radius 3 is 3.18 bits per heavy atom. The zero-order valence-corrected chi connectivity index (χ0v) is 10.1. The quantitative estimate of drug-likeness (QED) is 0.852. The van der Waals surface area contributed by atoms with Crippen molar-refractivity contribution in [3.8, 4) is 11.3 Å². The number of hydrogen-bond donors (Lipinski definition) is 1. The monoisotopic (exact) mass is 227 g/mol. The van der Waals surface area contributed by atoms with Gasteiger partial charge in [-0.15, -0.1) is 0 Å². The number of hydrogen-bond acceptors (Lipinski definition) is 2. The molecule has 0 amide bonds. The third-order valence-electron chi connectivity index (χ3n) is 3.36. The van der Waals surface area contributed by atoms with E-state index in [1.807, 2.05) is 13.2 Å². The first-order valence-electron chi connectivity index (χ1n) is 6.17. The lowest BCUT2D eigenvalue weighted by Gasteiger charge is -2.08. The molecule has 2 aromatic rings. The van der Waals surface area contributed by atoms with E-state index in [0.29, 0.717) is 0 Å². The summed E-state index contributed by atoms with van der Waals surface area (Å²) in [5.74, 6) is 0. The average molecular weight is 227 g/mol. The molecule has 0 bridgehead atoms. The summed E-state index contributed by atoms with van der Waals surface area (Å²) in [6.45, 7) is 1.96. The van der Waals surface area contributed by atoms with E-state index in [2.05, 4.69) is 39.4 Å². The zero-order valence-electron chi connectivity index (χ0n) is 10.1. The van der Waals surface area contributed by atoms with Gasteiger partial charge in [-0.2, -0.15) is 5.10 Å². The lowest BCUT2D eigenvalue weighted by molar-refractivity contribution is 0.594. The van der Waals surface area contributed by atoms with E-state index in [1.165, 1.54) is 28.8 Å². The first-order chi connectivity index (χ1) is 8.38. The summed E-state index contributed by atoms with van der Waals surface area (Å²) in [6, 6.07) is 8.88. The van der Waals surface area contributed by atoms with E-state index in [-0.39, 0.29) is 0 Å². The van der Waals surface area contributed by atoms with Gasteiger partial charge in [0.15, 0.2) is 0 Å². The SMILES string of the molecule is CNCc1ccc2c(c1)CCCn1nccc1-2. The van der Waals surface area contributed by atoms with Crippen LogP contribution < -0.4 is 5.32 Å². The zero-order chi connectivity index (χ0) is 11.7. The van der Waals surface area contributed by atoms with Gasteiger partial charge in [0, 0.05) is 24.8 Å². The molecule has 1 N–H and O–H groups in total. The van der Waals surface area contributed by atoms with Crippen LogP contribution in [0.2, 0.25) is 0 Å². The normalized spacial score (nSPS) is 13.9. The van der Waals surface area contributed by atoms with Crippen molar-refractivity contribution in [3.63, 3.8) is 0 Å². The molecule has 17 heavy (non-hydrogen) atoms. The maximum absolute atomic E-state index is 4.38. The van der Waals surface area contributed by atoms with E-state index >= 15 is 0 Å². The molecular formula is C14H17N3. The first-order valence-corrected chi connectivity index (χ1v) is 6.17. The predicted octanol–water partition coefficient (Wildman–Crippen LogP) is 2.22. The summed E-state index contributed by atoms with van der Waals surface area (Å²) in [5, 5.41) is 7.58. The summed E-state index contributed by atoms with van der Waals surface area (Å²) in [7, 11) is 1.99. The van der Waals surface area contributed by atoms with Crippen LogP contribution in [0.3, 0.4) is 0 Å². The van der Waals surface area contributed by atoms with Crippen LogP contribution in [-0.4, -0.2) is 16.8 Å². The summed E-state index contributed by atoms with van der Waals surface area (Å²) in [5.41, 5.74) is 5.42. The van der Waals surface area contributed by atoms with Gasteiger partial charge >= 0.3 is 0 Å². The van der Waals surface area contributed by atoms with Crippen LogP contribution in [-0.2, 0) is 19.5 Å². The van der Waals surface area contributed by atoms with Crippen molar-refractivity contribution in [1.29, 1.82) is 0 Å². The smallest absolute Gasteiger partial charge is 0.0684 e. The molecule has 0 fully saturated rings. The number of fused-ring (bicyclic) bond motifs is 3. The highest BCUT2D eigenvalue weighted by Crippen LogP contribution is 2.28.